The second kappa shape index (κ2) is 10.1. The zero-order valence-electron chi connectivity index (χ0n) is 21.5. The van der Waals surface area contributed by atoms with Crippen LogP contribution in [0.25, 0.3) is 0 Å². The van der Waals surface area contributed by atoms with Crippen LogP contribution in [0, 0.1) is 5.41 Å². The van der Waals surface area contributed by atoms with Gasteiger partial charge in [0.25, 0.3) is 0 Å². The Morgan fingerprint density at radius 3 is 2.81 bits per heavy atom. The van der Waals surface area contributed by atoms with Crippen molar-refractivity contribution in [2.75, 3.05) is 30.4 Å². The predicted octanol–water partition coefficient (Wildman–Crippen LogP) is 4.39. The summed E-state index contributed by atoms with van der Waals surface area (Å²) in [4.78, 5) is 36.2. The van der Waals surface area contributed by atoms with Crippen LogP contribution in [0.4, 0.5) is 11.4 Å². The number of hydrogen-bond acceptors (Lipinski definition) is 6. The Morgan fingerprint density at radius 2 is 2.03 bits per heavy atom. The van der Waals surface area contributed by atoms with E-state index in [9.17, 15) is 9.59 Å². The lowest BCUT2D eigenvalue weighted by Crippen LogP contribution is -2.42. The van der Waals surface area contributed by atoms with Crippen molar-refractivity contribution >= 4 is 23.1 Å². The van der Waals surface area contributed by atoms with Crippen molar-refractivity contribution in [1.82, 2.24) is 15.3 Å². The molecule has 8 heteroatoms. The first-order valence-corrected chi connectivity index (χ1v) is 12.6. The van der Waals surface area contributed by atoms with Crippen molar-refractivity contribution in [3.63, 3.8) is 0 Å². The number of H-pyrrole nitrogens is 1. The molecule has 3 N–H and O–H groups in total. The lowest BCUT2D eigenvalue weighted by Gasteiger charge is -2.38. The van der Waals surface area contributed by atoms with Gasteiger partial charge in [0.15, 0.2) is 5.78 Å². The summed E-state index contributed by atoms with van der Waals surface area (Å²) in [6, 6.07) is 15.3. The predicted molar refractivity (Wildman–Crippen MR) is 143 cm³/mol. The lowest BCUT2D eigenvalue weighted by atomic mass is 9.73. The summed E-state index contributed by atoms with van der Waals surface area (Å²) in [5.74, 6) is 0.691. The minimum Gasteiger partial charge on any atom is -0.497 e. The number of hydrogen-bond donors (Lipinski definition) is 3. The van der Waals surface area contributed by atoms with E-state index in [0.29, 0.717) is 30.7 Å². The highest BCUT2D eigenvalue weighted by atomic mass is 16.5. The molecular weight excluding hydrogens is 466 g/mol. The number of Topliss-reactive ketones (excluding diaryl/α,β-unsaturated/α-hetero) is 1. The number of allylic oxidation sites excluding steroid dienone is 1. The van der Waals surface area contributed by atoms with E-state index in [1.807, 2.05) is 53.4 Å². The first kappa shape index (κ1) is 24.6. The summed E-state index contributed by atoms with van der Waals surface area (Å²) in [5, 5.41) is 6.62. The number of aromatic nitrogens is 2. The Hall–Kier alpha value is -4.07. The number of imidazole rings is 1. The molecule has 1 aliphatic heterocycles. The number of benzene rings is 2. The van der Waals surface area contributed by atoms with Crippen molar-refractivity contribution in [3.05, 3.63) is 83.6 Å². The van der Waals surface area contributed by atoms with Crippen molar-refractivity contribution in [2.24, 2.45) is 5.41 Å². The molecule has 2 heterocycles. The van der Waals surface area contributed by atoms with Crippen LogP contribution in [0.5, 0.6) is 5.75 Å². The summed E-state index contributed by atoms with van der Waals surface area (Å²) < 4.78 is 5.52. The van der Waals surface area contributed by atoms with E-state index in [-0.39, 0.29) is 23.7 Å². The smallest absolute Gasteiger partial charge is 0.239 e. The molecule has 37 heavy (non-hydrogen) atoms. The molecule has 0 radical (unpaired) electrons. The molecule has 1 unspecified atom stereocenters. The molecule has 0 fully saturated rings. The van der Waals surface area contributed by atoms with Gasteiger partial charge in [0.05, 0.1) is 37.4 Å². The van der Waals surface area contributed by atoms with Crippen LogP contribution >= 0.6 is 0 Å². The molecule has 192 valence electrons. The number of nitrogens with zero attached hydrogens (tertiary/aromatic N) is 2. The number of anilines is 2. The van der Waals surface area contributed by atoms with Gasteiger partial charge in [-0.1, -0.05) is 38.1 Å². The average Bonchev–Trinajstić information content (AvgIpc) is 3.34. The topological polar surface area (TPSA) is 99.3 Å². The van der Waals surface area contributed by atoms with Gasteiger partial charge in [-0.05, 0) is 41.7 Å². The molecule has 0 saturated carbocycles. The van der Waals surface area contributed by atoms with Crippen LogP contribution in [-0.2, 0) is 16.0 Å². The maximum Gasteiger partial charge on any atom is 0.239 e. The third-order valence-electron chi connectivity index (χ3n) is 7.00. The number of aromatic amines is 1. The highest BCUT2D eigenvalue weighted by Crippen LogP contribution is 2.48. The minimum absolute atomic E-state index is 0.0942. The summed E-state index contributed by atoms with van der Waals surface area (Å²) in [6.07, 6.45) is 5.24. The van der Waals surface area contributed by atoms with Gasteiger partial charge in [-0.25, -0.2) is 4.98 Å². The van der Waals surface area contributed by atoms with E-state index in [2.05, 4.69) is 34.4 Å². The third kappa shape index (κ3) is 5.23. The molecule has 0 spiro atoms. The van der Waals surface area contributed by atoms with E-state index in [4.69, 9.17) is 4.74 Å². The van der Waals surface area contributed by atoms with Gasteiger partial charge in [0, 0.05) is 42.5 Å². The van der Waals surface area contributed by atoms with Crippen LogP contribution in [-0.4, -0.2) is 41.9 Å². The molecular formula is C29H33N5O3. The number of amides is 1. The molecule has 1 amide bonds. The number of fused-ring (bicyclic) bond motifs is 1. The Balaban J connectivity index is 1.56. The summed E-state index contributed by atoms with van der Waals surface area (Å²) >= 11 is 0. The van der Waals surface area contributed by atoms with E-state index in [0.717, 1.165) is 34.8 Å². The minimum atomic E-state index is -0.441. The second-order valence-corrected chi connectivity index (χ2v) is 10.5. The number of carbonyl (C=O) groups excluding carboxylic acids is 2. The Bertz CT molecular complexity index is 1330. The molecule has 1 aromatic heterocycles. The maximum absolute atomic E-state index is 13.8. The highest BCUT2D eigenvalue weighted by molar-refractivity contribution is 6.01. The van der Waals surface area contributed by atoms with Gasteiger partial charge < -0.3 is 25.3 Å². The maximum atomic E-state index is 13.8. The summed E-state index contributed by atoms with van der Waals surface area (Å²) in [5.41, 5.74) is 5.11. The van der Waals surface area contributed by atoms with Gasteiger partial charge in [0.1, 0.15) is 5.75 Å². The first-order valence-electron chi connectivity index (χ1n) is 12.6. The summed E-state index contributed by atoms with van der Waals surface area (Å²) in [7, 11) is 1.63. The molecule has 1 aliphatic carbocycles. The van der Waals surface area contributed by atoms with Crippen molar-refractivity contribution in [3.8, 4) is 5.75 Å². The highest BCUT2D eigenvalue weighted by Gasteiger charge is 2.42. The number of para-hydroxylation sites is 2. The standard InChI is InChI=1S/C29H33N5O3/c1-29(2)14-23-27(25(35)15-29)28(19-7-6-8-21(13-19)37-3)34(24-10-5-4-9-22(24)33-23)17-26(36)31-12-11-20-16-30-18-32-20/h4-10,13,16,18,28,33H,11-12,14-15,17H2,1-3H3,(H,30,32)(H,31,36). The van der Waals surface area contributed by atoms with E-state index >= 15 is 0 Å². The number of ketones is 1. The molecule has 1 atom stereocenters. The lowest BCUT2D eigenvalue weighted by molar-refractivity contribution is -0.120. The number of ether oxygens (including phenoxy) is 1. The van der Waals surface area contributed by atoms with Gasteiger partial charge >= 0.3 is 0 Å². The van der Waals surface area contributed by atoms with E-state index < -0.39 is 6.04 Å². The zero-order chi connectivity index (χ0) is 26.0. The normalized spacial score (nSPS) is 18.4. The molecule has 0 bridgehead atoms. The van der Waals surface area contributed by atoms with Crippen LogP contribution < -0.4 is 20.3 Å². The monoisotopic (exact) mass is 499 g/mol. The molecule has 3 aromatic rings. The van der Waals surface area contributed by atoms with Crippen LogP contribution in [0.3, 0.4) is 0 Å². The van der Waals surface area contributed by atoms with E-state index in [1.54, 1.807) is 19.6 Å². The van der Waals surface area contributed by atoms with Gasteiger partial charge in [-0.3, -0.25) is 9.59 Å². The molecule has 2 aromatic carbocycles. The first-order chi connectivity index (χ1) is 17.8. The average molecular weight is 500 g/mol. The van der Waals surface area contributed by atoms with Crippen molar-refractivity contribution in [2.45, 2.75) is 39.2 Å². The molecule has 5 rings (SSSR count). The summed E-state index contributed by atoms with van der Waals surface area (Å²) in [6.45, 7) is 4.83. The largest absolute Gasteiger partial charge is 0.497 e. The molecule has 8 nitrogen and oxygen atoms in total. The Labute approximate surface area is 217 Å². The fraction of sp³-hybridized carbons (Fsp3) is 0.345. The van der Waals surface area contributed by atoms with E-state index in [1.165, 1.54) is 0 Å². The quantitative estimate of drug-likeness (QED) is 0.446. The zero-order valence-corrected chi connectivity index (χ0v) is 21.5. The van der Waals surface area contributed by atoms with Crippen molar-refractivity contribution < 1.29 is 14.3 Å². The number of nitrogens with one attached hydrogen (secondary N) is 3. The fourth-order valence-electron chi connectivity index (χ4n) is 5.35. The Kier molecular flexibility index (Phi) is 6.74. The molecule has 0 saturated heterocycles. The van der Waals surface area contributed by atoms with Gasteiger partial charge in [0.2, 0.25) is 5.91 Å². The fourth-order valence-corrected chi connectivity index (χ4v) is 5.35. The number of rotatable bonds is 7. The van der Waals surface area contributed by atoms with Gasteiger partial charge in [-0.2, -0.15) is 0 Å². The van der Waals surface area contributed by atoms with Gasteiger partial charge in [-0.15, -0.1) is 0 Å². The number of methoxy groups -OCH3 is 1. The van der Waals surface area contributed by atoms with Crippen LogP contribution in [0.2, 0.25) is 0 Å². The Morgan fingerprint density at radius 1 is 1.19 bits per heavy atom. The SMILES string of the molecule is COc1cccc(C2C3=C(CC(C)(C)CC3=O)Nc3ccccc3N2CC(=O)NCCc2cnc[nH]2)c1. The van der Waals surface area contributed by atoms with Crippen LogP contribution in [0.15, 0.2) is 72.3 Å². The third-order valence-corrected chi connectivity index (χ3v) is 7.00. The second-order valence-electron chi connectivity index (χ2n) is 10.5. The molecule has 2 aliphatic rings. The number of carbonyl (C=O) groups is 2. The van der Waals surface area contributed by atoms with Crippen LogP contribution in [0.1, 0.15) is 44.0 Å². The van der Waals surface area contributed by atoms with Crippen molar-refractivity contribution in [1.29, 1.82) is 0 Å².